The van der Waals surface area contributed by atoms with E-state index in [1.807, 2.05) is 17.1 Å². The summed E-state index contributed by atoms with van der Waals surface area (Å²) in [5.74, 6) is 0.638. The number of rotatable bonds is 3. The first-order valence-electron chi connectivity index (χ1n) is 4.96. The van der Waals surface area contributed by atoms with Gasteiger partial charge in [0.05, 0.1) is 11.9 Å². The summed E-state index contributed by atoms with van der Waals surface area (Å²) < 4.78 is 1.88. The van der Waals surface area contributed by atoms with Gasteiger partial charge in [0.25, 0.3) is 0 Å². The third kappa shape index (κ3) is 2.39. The second-order valence-electron chi connectivity index (χ2n) is 3.57. The zero-order chi connectivity index (χ0) is 10.7. The van der Waals surface area contributed by atoms with Crippen LogP contribution in [0, 0.1) is 6.92 Å². The van der Waals surface area contributed by atoms with Crippen LogP contribution in [0.15, 0.2) is 36.7 Å². The van der Waals surface area contributed by atoms with Gasteiger partial charge in [-0.1, -0.05) is 17.7 Å². The van der Waals surface area contributed by atoms with Crippen molar-refractivity contribution in [2.24, 2.45) is 0 Å². The summed E-state index contributed by atoms with van der Waals surface area (Å²) in [6, 6.07) is 8.29. The molecule has 0 atom stereocenters. The van der Waals surface area contributed by atoms with Gasteiger partial charge in [0, 0.05) is 12.1 Å². The van der Waals surface area contributed by atoms with E-state index in [-0.39, 0.29) is 0 Å². The van der Waals surface area contributed by atoms with E-state index in [1.165, 1.54) is 11.1 Å². The molecule has 0 N–H and O–H groups in total. The maximum absolute atomic E-state index is 5.68. The van der Waals surface area contributed by atoms with Crippen molar-refractivity contribution in [3.63, 3.8) is 0 Å². The van der Waals surface area contributed by atoms with Gasteiger partial charge in [0.15, 0.2) is 0 Å². The molecule has 0 radical (unpaired) electrons. The summed E-state index contributed by atoms with van der Waals surface area (Å²) in [5.41, 5.74) is 3.51. The van der Waals surface area contributed by atoms with Crippen LogP contribution in [-0.2, 0) is 6.42 Å². The minimum Gasteiger partial charge on any atom is -0.241 e. The lowest BCUT2D eigenvalue weighted by Crippen LogP contribution is -1.93. The van der Waals surface area contributed by atoms with Crippen molar-refractivity contribution in [2.75, 3.05) is 5.88 Å². The maximum Gasteiger partial charge on any atom is 0.0645 e. The van der Waals surface area contributed by atoms with E-state index in [9.17, 15) is 0 Å². The lowest BCUT2D eigenvalue weighted by atomic mass is 10.2. The van der Waals surface area contributed by atoms with Crippen LogP contribution in [0.25, 0.3) is 5.69 Å². The van der Waals surface area contributed by atoms with Crippen LogP contribution in [0.5, 0.6) is 0 Å². The van der Waals surface area contributed by atoms with Crippen LogP contribution in [0.1, 0.15) is 11.1 Å². The molecule has 0 unspecified atom stereocenters. The van der Waals surface area contributed by atoms with Crippen LogP contribution in [0.3, 0.4) is 0 Å². The van der Waals surface area contributed by atoms with Gasteiger partial charge >= 0.3 is 0 Å². The molecule has 0 aliphatic rings. The molecule has 2 nitrogen and oxygen atoms in total. The van der Waals surface area contributed by atoms with Crippen LogP contribution >= 0.6 is 11.6 Å². The Kier molecular flexibility index (Phi) is 3.07. The first-order valence-corrected chi connectivity index (χ1v) is 5.49. The van der Waals surface area contributed by atoms with Gasteiger partial charge in [-0.15, -0.1) is 11.6 Å². The molecule has 2 rings (SSSR count). The molecule has 1 aromatic heterocycles. The zero-order valence-corrected chi connectivity index (χ0v) is 9.41. The summed E-state index contributed by atoms with van der Waals surface area (Å²) in [6.07, 6.45) is 4.75. The number of hydrogen-bond acceptors (Lipinski definition) is 1. The fourth-order valence-electron chi connectivity index (χ4n) is 1.44. The Balaban J connectivity index is 2.25. The van der Waals surface area contributed by atoms with Crippen molar-refractivity contribution >= 4 is 11.6 Å². The normalized spacial score (nSPS) is 10.5. The van der Waals surface area contributed by atoms with Crippen LogP contribution < -0.4 is 0 Å². The predicted octanol–water partition coefficient (Wildman–Crippen LogP) is 2.96. The van der Waals surface area contributed by atoms with Crippen molar-refractivity contribution in [1.29, 1.82) is 0 Å². The molecule has 0 aliphatic carbocycles. The molecule has 1 heterocycles. The summed E-state index contributed by atoms with van der Waals surface area (Å²) in [6.45, 7) is 2.08. The van der Waals surface area contributed by atoms with Gasteiger partial charge in [-0.05, 0) is 31.0 Å². The van der Waals surface area contributed by atoms with E-state index < -0.39 is 0 Å². The topological polar surface area (TPSA) is 17.8 Å². The largest absolute Gasteiger partial charge is 0.241 e. The highest BCUT2D eigenvalue weighted by Gasteiger charge is 1.99. The minimum atomic E-state index is 0.638. The molecule has 78 valence electrons. The number of nitrogens with zero attached hydrogens (tertiary/aromatic N) is 2. The van der Waals surface area contributed by atoms with Gasteiger partial charge in [-0.3, -0.25) is 0 Å². The van der Waals surface area contributed by atoms with E-state index in [1.54, 1.807) is 0 Å². The Hall–Kier alpha value is -1.28. The number of hydrogen-bond donors (Lipinski definition) is 0. The molecular formula is C12H13ClN2. The van der Waals surface area contributed by atoms with Crippen LogP contribution in [-0.4, -0.2) is 15.7 Å². The number of aryl methyl sites for hydroxylation is 2. The van der Waals surface area contributed by atoms with Crippen molar-refractivity contribution < 1.29 is 0 Å². The Bertz CT molecular complexity index is 431. The molecule has 2 aromatic rings. The molecule has 0 aliphatic heterocycles. The molecule has 0 saturated carbocycles. The van der Waals surface area contributed by atoms with E-state index in [0.29, 0.717) is 5.88 Å². The number of halogens is 1. The van der Waals surface area contributed by atoms with Crippen molar-refractivity contribution in [1.82, 2.24) is 9.78 Å². The molecule has 1 aromatic carbocycles. The van der Waals surface area contributed by atoms with Gasteiger partial charge in [-0.2, -0.15) is 5.10 Å². The number of alkyl halides is 1. The molecular weight excluding hydrogens is 208 g/mol. The van der Waals surface area contributed by atoms with Crippen LogP contribution in [0.2, 0.25) is 0 Å². The third-order valence-electron chi connectivity index (χ3n) is 2.32. The Morgan fingerprint density at radius 2 is 2.00 bits per heavy atom. The first kappa shape index (κ1) is 10.2. The van der Waals surface area contributed by atoms with Crippen LogP contribution in [0.4, 0.5) is 0 Å². The zero-order valence-electron chi connectivity index (χ0n) is 8.65. The summed E-state index contributed by atoms with van der Waals surface area (Å²) in [4.78, 5) is 0. The predicted molar refractivity (Wildman–Crippen MR) is 62.7 cm³/mol. The number of benzene rings is 1. The second-order valence-corrected chi connectivity index (χ2v) is 3.95. The van der Waals surface area contributed by atoms with Gasteiger partial charge in [0.1, 0.15) is 0 Å². The SMILES string of the molecule is Cc1ccc(-n2cc(CCCl)cn2)cc1. The fourth-order valence-corrected chi connectivity index (χ4v) is 1.66. The van der Waals surface area contributed by atoms with E-state index in [4.69, 9.17) is 11.6 Å². The summed E-state index contributed by atoms with van der Waals surface area (Å²) in [5, 5.41) is 4.29. The average molecular weight is 221 g/mol. The van der Waals surface area contributed by atoms with E-state index in [0.717, 1.165) is 12.1 Å². The van der Waals surface area contributed by atoms with E-state index >= 15 is 0 Å². The van der Waals surface area contributed by atoms with Crippen molar-refractivity contribution in [2.45, 2.75) is 13.3 Å². The fraction of sp³-hybridized carbons (Fsp3) is 0.250. The standard InChI is InChI=1S/C12H13ClN2/c1-10-2-4-12(5-3-10)15-9-11(6-7-13)8-14-15/h2-5,8-9H,6-7H2,1H3. The highest BCUT2D eigenvalue weighted by molar-refractivity contribution is 6.17. The average Bonchev–Trinajstić information content (AvgIpc) is 2.68. The van der Waals surface area contributed by atoms with Gasteiger partial charge in [-0.25, -0.2) is 4.68 Å². The Labute approximate surface area is 94.5 Å². The Morgan fingerprint density at radius 3 is 2.67 bits per heavy atom. The monoisotopic (exact) mass is 220 g/mol. The number of aromatic nitrogens is 2. The minimum absolute atomic E-state index is 0.638. The molecule has 0 fully saturated rings. The van der Waals surface area contributed by atoms with E-state index in [2.05, 4.69) is 36.3 Å². The molecule has 0 amide bonds. The summed E-state index contributed by atoms with van der Waals surface area (Å²) in [7, 11) is 0. The third-order valence-corrected chi connectivity index (χ3v) is 2.51. The van der Waals surface area contributed by atoms with Crippen molar-refractivity contribution in [3.8, 4) is 5.69 Å². The maximum atomic E-state index is 5.68. The molecule has 3 heteroatoms. The molecule has 15 heavy (non-hydrogen) atoms. The molecule has 0 saturated heterocycles. The summed E-state index contributed by atoms with van der Waals surface area (Å²) >= 11 is 5.68. The lowest BCUT2D eigenvalue weighted by Gasteiger charge is -2.00. The molecule has 0 spiro atoms. The van der Waals surface area contributed by atoms with Gasteiger partial charge in [0.2, 0.25) is 0 Å². The molecule has 0 bridgehead atoms. The quantitative estimate of drug-likeness (QED) is 0.728. The Morgan fingerprint density at radius 1 is 1.27 bits per heavy atom. The highest BCUT2D eigenvalue weighted by Crippen LogP contribution is 2.10. The lowest BCUT2D eigenvalue weighted by molar-refractivity contribution is 0.879. The first-order chi connectivity index (χ1) is 7.29. The van der Waals surface area contributed by atoms with Gasteiger partial charge < -0.3 is 0 Å². The second kappa shape index (κ2) is 4.49. The van der Waals surface area contributed by atoms with Crippen molar-refractivity contribution in [3.05, 3.63) is 47.8 Å². The smallest absolute Gasteiger partial charge is 0.0645 e. The highest BCUT2D eigenvalue weighted by atomic mass is 35.5.